The normalized spacial score (nSPS) is 21.9. The fourth-order valence-corrected chi connectivity index (χ4v) is 4.84. The number of sulfone groups is 1. The highest BCUT2D eigenvalue weighted by atomic mass is 32.2. The molecule has 0 spiro atoms. The maximum absolute atomic E-state index is 12.6. The van der Waals surface area contributed by atoms with Crippen LogP contribution in [0.4, 0.5) is 10.5 Å². The molecular formula is C18H22N4O4S. The molecule has 1 aliphatic carbocycles. The molecule has 9 heteroatoms. The third kappa shape index (κ3) is 3.83. The lowest BCUT2D eigenvalue weighted by molar-refractivity contribution is 0.199. The van der Waals surface area contributed by atoms with Crippen LogP contribution >= 0.6 is 0 Å². The van der Waals surface area contributed by atoms with Gasteiger partial charge in [0.05, 0.1) is 11.5 Å². The first-order chi connectivity index (χ1) is 12.8. The van der Waals surface area contributed by atoms with Crippen molar-refractivity contribution in [2.24, 2.45) is 0 Å². The summed E-state index contributed by atoms with van der Waals surface area (Å²) in [5.41, 5.74) is 2.35. The largest absolute Gasteiger partial charge is 0.334 e. The lowest BCUT2D eigenvalue weighted by atomic mass is 10.1. The van der Waals surface area contributed by atoms with Gasteiger partial charge in [-0.2, -0.15) is 4.98 Å². The second-order valence-electron chi connectivity index (χ2n) is 7.35. The van der Waals surface area contributed by atoms with Crippen LogP contribution in [0.2, 0.25) is 0 Å². The lowest BCUT2D eigenvalue weighted by Crippen LogP contribution is -2.51. The molecule has 1 N–H and O–H groups in total. The molecule has 144 valence electrons. The first kappa shape index (κ1) is 18.0. The number of nitrogens with zero attached hydrogens (tertiary/aromatic N) is 3. The van der Waals surface area contributed by atoms with Crippen molar-refractivity contribution in [3.8, 4) is 11.5 Å². The van der Waals surface area contributed by atoms with Gasteiger partial charge >= 0.3 is 6.03 Å². The van der Waals surface area contributed by atoms with E-state index in [9.17, 15) is 13.2 Å². The van der Waals surface area contributed by atoms with Crippen LogP contribution in [0.1, 0.15) is 37.1 Å². The van der Waals surface area contributed by atoms with E-state index in [4.69, 9.17) is 4.52 Å². The van der Waals surface area contributed by atoms with Crippen molar-refractivity contribution in [3.05, 3.63) is 29.6 Å². The van der Waals surface area contributed by atoms with Gasteiger partial charge in [-0.25, -0.2) is 13.2 Å². The summed E-state index contributed by atoms with van der Waals surface area (Å²) in [7, 11) is -3.06. The van der Waals surface area contributed by atoms with Crippen molar-refractivity contribution in [2.75, 3.05) is 23.4 Å². The van der Waals surface area contributed by atoms with Crippen molar-refractivity contribution >= 4 is 21.6 Å². The summed E-state index contributed by atoms with van der Waals surface area (Å²) >= 11 is 0. The summed E-state index contributed by atoms with van der Waals surface area (Å²) in [6, 6.07) is 4.89. The van der Waals surface area contributed by atoms with Gasteiger partial charge in [-0.05, 0) is 50.5 Å². The van der Waals surface area contributed by atoms with Gasteiger partial charge in [0.15, 0.2) is 15.7 Å². The number of hydrogen-bond donors (Lipinski definition) is 1. The predicted molar refractivity (Wildman–Crippen MR) is 100 cm³/mol. The van der Waals surface area contributed by atoms with Crippen LogP contribution in [0.15, 0.2) is 22.7 Å². The number of amides is 2. The van der Waals surface area contributed by atoms with Crippen LogP contribution in [0.25, 0.3) is 11.5 Å². The summed E-state index contributed by atoms with van der Waals surface area (Å²) in [5.74, 6) is 1.67. The van der Waals surface area contributed by atoms with Crippen LogP contribution in [0.5, 0.6) is 0 Å². The minimum Gasteiger partial charge on any atom is -0.334 e. The Morgan fingerprint density at radius 2 is 2.11 bits per heavy atom. The maximum atomic E-state index is 12.6. The van der Waals surface area contributed by atoms with E-state index in [0.29, 0.717) is 17.5 Å². The first-order valence-electron chi connectivity index (χ1n) is 9.05. The van der Waals surface area contributed by atoms with Gasteiger partial charge < -0.3 is 14.7 Å². The molecule has 2 fully saturated rings. The summed E-state index contributed by atoms with van der Waals surface area (Å²) in [4.78, 5) is 18.6. The number of hydrogen-bond acceptors (Lipinski definition) is 6. The minimum atomic E-state index is -3.06. The Morgan fingerprint density at radius 3 is 2.78 bits per heavy atom. The van der Waals surface area contributed by atoms with E-state index in [1.54, 1.807) is 17.9 Å². The Hall–Kier alpha value is -2.42. The van der Waals surface area contributed by atoms with Crippen molar-refractivity contribution in [3.63, 3.8) is 0 Å². The molecular weight excluding hydrogens is 368 g/mol. The molecule has 2 heterocycles. The average molecular weight is 390 g/mol. The summed E-state index contributed by atoms with van der Waals surface area (Å²) in [6.45, 7) is 3.85. The van der Waals surface area contributed by atoms with Crippen molar-refractivity contribution in [1.29, 1.82) is 0 Å². The van der Waals surface area contributed by atoms with Crippen molar-refractivity contribution in [2.45, 2.75) is 38.6 Å². The number of urea groups is 1. The molecule has 1 aliphatic heterocycles. The number of anilines is 1. The molecule has 4 rings (SSSR count). The number of carbonyl (C=O) groups is 1. The number of rotatable bonds is 3. The molecule has 0 radical (unpaired) electrons. The van der Waals surface area contributed by atoms with E-state index in [2.05, 4.69) is 15.5 Å². The Bertz CT molecular complexity index is 981. The monoisotopic (exact) mass is 390 g/mol. The Morgan fingerprint density at radius 1 is 1.33 bits per heavy atom. The second-order valence-corrected chi connectivity index (χ2v) is 9.58. The predicted octanol–water partition coefficient (Wildman–Crippen LogP) is 2.57. The topological polar surface area (TPSA) is 105 Å². The summed E-state index contributed by atoms with van der Waals surface area (Å²) in [5, 5.41) is 6.90. The fourth-order valence-electron chi connectivity index (χ4n) is 3.28. The Balaban J connectivity index is 1.47. The van der Waals surface area contributed by atoms with E-state index in [1.807, 2.05) is 19.1 Å². The van der Waals surface area contributed by atoms with Gasteiger partial charge in [-0.15, -0.1) is 0 Å². The van der Waals surface area contributed by atoms with E-state index < -0.39 is 9.84 Å². The molecule has 1 aromatic carbocycles. The zero-order valence-electron chi connectivity index (χ0n) is 15.3. The molecule has 0 bridgehead atoms. The molecule has 2 amide bonds. The highest BCUT2D eigenvalue weighted by molar-refractivity contribution is 7.91. The Kier molecular flexibility index (Phi) is 4.41. The third-order valence-electron chi connectivity index (χ3n) is 5.03. The number of benzene rings is 1. The van der Waals surface area contributed by atoms with Gasteiger partial charge in [0.2, 0.25) is 0 Å². The van der Waals surface area contributed by atoms with Gasteiger partial charge in [0.25, 0.3) is 5.89 Å². The van der Waals surface area contributed by atoms with E-state index in [0.717, 1.165) is 29.8 Å². The average Bonchev–Trinajstić information content (AvgIpc) is 3.33. The summed E-state index contributed by atoms with van der Waals surface area (Å²) in [6.07, 6.45) is 2.22. The van der Waals surface area contributed by atoms with E-state index in [-0.39, 0.29) is 30.1 Å². The molecule has 2 aromatic rings. The standard InChI is InChI=1S/C18H22N4O4S/c1-11-9-14(17-20-16(21-26-17)13-3-4-13)5-6-15(11)19-18(23)22-7-8-27(24,25)10-12(22)2/h5-6,9,12-13H,3-4,7-8,10H2,1-2H3,(H,19,23). The smallest absolute Gasteiger partial charge is 0.322 e. The van der Waals surface area contributed by atoms with Gasteiger partial charge in [0, 0.05) is 29.8 Å². The second kappa shape index (κ2) is 6.63. The highest BCUT2D eigenvalue weighted by Gasteiger charge is 2.31. The zero-order chi connectivity index (χ0) is 19.2. The van der Waals surface area contributed by atoms with Gasteiger partial charge in [-0.1, -0.05) is 5.16 Å². The van der Waals surface area contributed by atoms with E-state index >= 15 is 0 Å². The summed E-state index contributed by atoms with van der Waals surface area (Å²) < 4.78 is 28.7. The minimum absolute atomic E-state index is 0.00116. The van der Waals surface area contributed by atoms with Crippen LogP contribution in [-0.2, 0) is 9.84 Å². The Labute approximate surface area is 157 Å². The van der Waals surface area contributed by atoms with Gasteiger partial charge in [0.1, 0.15) is 0 Å². The highest BCUT2D eigenvalue weighted by Crippen LogP contribution is 2.39. The molecule has 1 saturated heterocycles. The van der Waals surface area contributed by atoms with E-state index in [1.165, 1.54) is 0 Å². The number of nitrogens with one attached hydrogen (secondary N) is 1. The molecule has 8 nitrogen and oxygen atoms in total. The fraction of sp³-hybridized carbons (Fsp3) is 0.500. The molecule has 1 aromatic heterocycles. The number of aryl methyl sites for hydroxylation is 1. The quantitative estimate of drug-likeness (QED) is 0.863. The maximum Gasteiger partial charge on any atom is 0.322 e. The molecule has 1 saturated carbocycles. The zero-order valence-corrected chi connectivity index (χ0v) is 16.1. The SMILES string of the molecule is Cc1cc(-c2nc(C3CC3)no2)ccc1NC(=O)N1CCS(=O)(=O)CC1C. The number of aromatic nitrogens is 2. The molecule has 2 aliphatic rings. The van der Waals surface area contributed by atoms with Crippen molar-refractivity contribution < 1.29 is 17.7 Å². The molecule has 27 heavy (non-hydrogen) atoms. The molecule has 1 unspecified atom stereocenters. The molecule has 1 atom stereocenters. The van der Waals surface area contributed by atoms with Crippen LogP contribution in [-0.4, -0.2) is 53.6 Å². The van der Waals surface area contributed by atoms with Gasteiger partial charge in [-0.3, -0.25) is 0 Å². The van der Waals surface area contributed by atoms with Crippen LogP contribution < -0.4 is 5.32 Å². The van der Waals surface area contributed by atoms with Crippen LogP contribution in [0, 0.1) is 6.92 Å². The van der Waals surface area contributed by atoms with Crippen molar-refractivity contribution in [1.82, 2.24) is 15.0 Å². The first-order valence-corrected chi connectivity index (χ1v) is 10.9. The lowest BCUT2D eigenvalue weighted by Gasteiger charge is -2.33. The van der Waals surface area contributed by atoms with Crippen LogP contribution in [0.3, 0.4) is 0 Å². The third-order valence-corrected chi connectivity index (χ3v) is 6.83. The number of carbonyl (C=O) groups excluding carboxylic acids is 1.